The summed E-state index contributed by atoms with van der Waals surface area (Å²) in [5, 5.41) is 12.4. The minimum atomic E-state index is -0.516. The van der Waals surface area contributed by atoms with Gasteiger partial charge in [0.15, 0.2) is 0 Å². The SMILES string of the molecule is CC(C)(O)[C@@H]1CCN1.Cl. The average molecular weight is 152 g/mol. The van der Waals surface area contributed by atoms with Crippen molar-refractivity contribution >= 4 is 12.4 Å². The predicted octanol–water partition coefficient (Wildman–Crippen LogP) is 0.541. The smallest absolute Gasteiger partial charge is 0.0744 e. The average Bonchev–Trinajstić information content (AvgIpc) is 1.16. The highest BCUT2D eigenvalue weighted by atomic mass is 35.5. The maximum atomic E-state index is 9.27. The Morgan fingerprint density at radius 3 is 2.00 bits per heavy atom. The first-order valence-electron chi connectivity index (χ1n) is 3.06. The minimum absolute atomic E-state index is 0. The van der Waals surface area contributed by atoms with Gasteiger partial charge in [0, 0.05) is 6.04 Å². The minimum Gasteiger partial charge on any atom is -0.389 e. The summed E-state index contributed by atoms with van der Waals surface area (Å²) >= 11 is 0. The fourth-order valence-corrected chi connectivity index (χ4v) is 0.892. The molecule has 0 spiro atoms. The van der Waals surface area contributed by atoms with Crippen molar-refractivity contribution in [1.29, 1.82) is 0 Å². The lowest BCUT2D eigenvalue weighted by Crippen LogP contribution is -2.55. The lowest BCUT2D eigenvalue weighted by atomic mass is 9.91. The third-order valence-electron chi connectivity index (χ3n) is 1.68. The highest BCUT2D eigenvalue weighted by Gasteiger charge is 2.30. The maximum absolute atomic E-state index is 9.27. The number of halogens is 1. The van der Waals surface area contributed by atoms with Gasteiger partial charge in [-0.1, -0.05) is 0 Å². The molecule has 3 heteroatoms. The molecule has 0 unspecified atom stereocenters. The molecule has 0 aliphatic carbocycles. The number of rotatable bonds is 1. The molecule has 1 aliphatic heterocycles. The van der Waals surface area contributed by atoms with Crippen molar-refractivity contribution in [3.63, 3.8) is 0 Å². The molecule has 1 heterocycles. The van der Waals surface area contributed by atoms with Gasteiger partial charge in [-0.3, -0.25) is 0 Å². The van der Waals surface area contributed by atoms with Crippen LogP contribution in [0.2, 0.25) is 0 Å². The Morgan fingerprint density at radius 2 is 2.00 bits per heavy atom. The Labute approximate surface area is 62.1 Å². The van der Waals surface area contributed by atoms with Crippen molar-refractivity contribution < 1.29 is 5.11 Å². The van der Waals surface area contributed by atoms with Crippen molar-refractivity contribution in [3.8, 4) is 0 Å². The van der Waals surface area contributed by atoms with Crippen LogP contribution in [0.25, 0.3) is 0 Å². The van der Waals surface area contributed by atoms with Crippen LogP contribution in [0.4, 0.5) is 0 Å². The molecule has 1 saturated heterocycles. The fourth-order valence-electron chi connectivity index (χ4n) is 0.892. The second-order valence-electron chi connectivity index (χ2n) is 2.95. The van der Waals surface area contributed by atoms with Crippen LogP contribution in [0.5, 0.6) is 0 Å². The van der Waals surface area contributed by atoms with Gasteiger partial charge < -0.3 is 10.4 Å². The van der Waals surface area contributed by atoms with Gasteiger partial charge in [0.1, 0.15) is 0 Å². The molecule has 0 radical (unpaired) electrons. The topological polar surface area (TPSA) is 32.3 Å². The van der Waals surface area contributed by atoms with Crippen molar-refractivity contribution in [2.75, 3.05) is 6.54 Å². The van der Waals surface area contributed by atoms with Crippen molar-refractivity contribution in [1.82, 2.24) is 5.32 Å². The Morgan fingerprint density at radius 1 is 1.56 bits per heavy atom. The van der Waals surface area contributed by atoms with Gasteiger partial charge >= 0.3 is 0 Å². The predicted molar refractivity (Wildman–Crippen MR) is 40.0 cm³/mol. The number of aliphatic hydroxyl groups is 1. The van der Waals surface area contributed by atoms with Crippen LogP contribution in [0, 0.1) is 0 Å². The summed E-state index contributed by atoms with van der Waals surface area (Å²) in [5.74, 6) is 0. The summed E-state index contributed by atoms with van der Waals surface area (Å²) < 4.78 is 0. The highest BCUT2D eigenvalue weighted by Crippen LogP contribution is 2.16. The van der Waals surface area contributed by atoms with E-state index in [1.165, 1.54) is 0 Å². The Hall–Kier alpha value is 0.210. The molecule has 1 atom stereocenters. The molecular weight excluding hydrogens is 138 g/mol. The van der Waals surface area contributed by atoms with E-state index in [1.54, 1.807) is 0 Å². The zero-order valence-electron chi connectivity index (χ0n) is 5.85. The standard InChI is InChI=1S/C6H13NO.ClH/c1-6(2,8)5-3-4-7-5;/h5,7-8H,3-4H2,1-2H3;1H/t5-;/m0./s1. The van der Waals surface area contributed by atoms with E-state index in [-0.39, 0.29) is 12.4 Å². The van der Waals surface area contributed by atoms with Crippen LogP contribution in [-0.4, -0.2) is 23.3 Å². The molecule has 1 aliphatic rings. The zero-order chi connectivity index (χ0) is 6.20. The largest absolute Gasteiger partial charge is 0.389 e. The molecule has 0 aromatic heterocycles. The summed E-state index contributed by atoms with van der Waals surface area (Å²) in [7, 11) is 0. The Kier molecular flexibility index (Phi) is 2.93. The highest BCUT2D eigenvalue weighted by molar-refractivity contribution is 5.85. The summed E-state index contributed by atoms with van der Waals surface area (Å²) in [6.07, 6.45) is 1.11. The third kappa shape index (κ3) is 2.12. The van der Waals surface area contributed by atoms with Crippen LogP contribution < -0.4 is 5.32 Å². The Bertz CT molecular complexity index is 85.5. The maximum Gasteiger partial charge on any atom is 0.0744 e. The number of nitrogens with one attached hydrogen (secondary N) is 1. The zero-order valence-corrected chi connectivity index (χ0v) is 6.66. The summed E-state index contributed by atoms with van der Waals surface area (Å²) in [4.78, 5) is 0. The lowest BCUT2D eigenvalue weighted by Gasteiger charge is -2.37. The van der Waals surface area contributed by atoms with Gasteiger partial charge in [0.2, 0.25) is 0 Å². The van der Waals surface area contributed by atoms with Crippen LogP contribution in [0.3, 0.4) is 0 Å². The first-order chi connectivity index (χ1) is 3.61. The molecule has 0 bridgehead atoms. The van der Waals surface area contributed by atoms with Crippen LogP contribution >= 0.6 is 12.4 Å². The molecule has 56 valence electrons. The molecule has 1 fully saturated rings. The van der Waals surface area contributed by atoms with Crippen molar-refractivity contribution in [2.24, 2.45) is 0 Å². The second-order valence-corrected chi connectivity index (χ2v) is 2.95. The van der Waals surface area contributed by atoms with Gasteiger partial charge in [-0.25, -0.2) is 0 Å². The number of hydrogen-bond donors (Lipinski definition) is 2. The molecule has 1 rings (SSSR count). The van der Waals surface area contributed by atoms with E-state index in [0.717, 1.165) is 13.0 Å². The second kappa shape index (κ2) is 2.86. The van der Waals surface area contributed by atoms with E-state index in [4.69, 9.17) is 0 Å². The van der Waals surface area contributed by atoms with Crippen LogP contribution in [-0.2, 0) is 0 Å². The molecule has 2 nitrogen and oxygen atoms in total. The molecule has 0 aromatic rings. The summed E-state index contributed by atoms with van der Waals surface area (Å²) in [5.41, 5.74) is -0.516. The molecule has 9 heavy (non-hydrogen) atoms. The van der Waals surface area contributed by atoms with Gasteiger partial charge in [-0.05, 0) is 26.8 Å². The van der Waals surface area contributed by atoms with Gasteiger partial charge in [0.25, 0.3) is 0 Å². The van der Waals surface area contributed by atoms with Crippen LogP contribution in [0.15, 0.2) is 0 Å². The molecule has 0 aromatic carbocycles. The van der Waals surface area contributed by atoms with E-state index < -0.39 is 5.60 Å². The first kappa shape index (κ1) is 9.21. The van der Waals surface area contributed by atoms with Gasteiger partial charge in [0.05, 0.1) is 5.60 Å². The first-order valence-corrected chi connectivity index (χ1v) is 3.06. The van der Waals surface area contributed by atoms with E-state index in [9.17, 15) is 5.11 Å². The number of hydrogen-bond acceptors (Lipinski definition) is 2. The van der Waals surface area contributed by atoms with Crippen LogP contribution in [0.1, 0.15) is 20.3 Å². The third-order valence-corrected chi connectivity index (χ3v) is 1.68. The van der Waals surface area contributed by atoms with Gasteiger partial charge in [-0.15, -0.1) is 12.4 Å². The van der Waals surface area contributed by atoms with E-state index in [1.807, 2.05) is 13.8 Å². The van der Waals surface area contributed by atoms with E-state index in [0.29, 0.717) is 6.04 Å². The van der Waals surface area contributed by atoms with E-state index in [2.05, 4.69) is 5.32 Å². The molecular formula is C6H14ClNO. The molecule has 0 saturated carbocycles. The normalized spacial score (nSPS) is 26.3. The quantitative estimate of drug-likeness (QED) is 0.574. The summed E-state index contributed by atoms with van der Waals surface area (Å²) in [6, 6.07) is 0.336. The van der Waals surface area contributed by atoms with Gasteiger partial charge in [-0.2, -0.15) is 0 Å². The fraction of sp³-hybridized carbons (Fsp3) is 1.00. The lowest BCUT2D eigenvalue weighted by molar-refractivity contribution is 0.0127. The van der Waals surface area contributed by atoms with E-state index >= 15 is 0 Å². The molecule has 2 N–H and O–H groups in total. The Balaban J connectivity index is 0.000000640. The van der Waals surface area contributed by atoms with Crippen molar-refractivity contribution in [3.05, 3.63) is 0 Å². The van der Waals surface area contributed by atoms with Crippen molar-refractivity contribution in [2.45, 2.75) is 31.9 Å². The summed E-state index contributed by atoms with van der Waals surface area (Å²) in [6.45, 7) is 4.74. The monoisotopic (exact) mass is 151 g/mol. The molecule has 0 amide bonds.